The van der Waals surface area contributed by atoms with Crippen LogP contribution in [-0.2, 0) is 0 Å². The van der Waals surface area contributed by atoms with E-state index in [9.17, 15) is 14.4 Å². The number of amides is 3. The van der Waals surface area contributed by atoms with Crippen LogP contribution in [0.5, 0.6) is 0 Å². The Bertz CT molecular complexity index is 834. The first-order chi connectivity index (χ1) is 10.5. The summed E-state index contributed by atoms with van der Waals surface area (Å²) in [6.07, 6.45) is 0. The number of rotatable bonds is 2. The molecule has 7 heteroatoms. The van der Waals surface area contributed by atoms with E-state index in [1.54, 1.807) is 12.1 Å². The van der Waals surface area contributed by atoms with Crippen molar-refractivity contribution >= 4 is 46.6 Å². The van der Waals surface area contributed by atoms with Gasteiger partial charge in [-0.1, -0.05) is 29.3 Å². The van der Waals surface area contributed by atoms with Crippen molar-refractivity contribution in [1.29, 1.82) is 0 Å². The summed E-state index contributed by atoms with van der Waals surface area (Å²) in [6.45, 7) is 0. The van der Waals surface area contributed by atoms with Gasteiger partial charge in [0.05, 0.1) is 27.4 Å². The van der Waals surface area contributed by atoms with E-state index in [1.807, 2.05) is 0 Å². The van der Waals surface area contributed by atoms with E-state index < -0.39 is 17.7 Å². The van der Waals surface area contributed by atoms with Crippen LogP contribution in [0, 0.1) is 0 Å². The highest BCUT2D eigenvalue weighted by Gasteiger charge is 2.30. The number of imide groups is 1. The molecule has 2 aromatic rings. The number of carbonyl (C=O) groups is 3. The summed E-state index contributed by atoms with van der Waals surface area (Å²) in [4.78, 5) is 35.7. The van der Waals surface area contributed by atoms with Crippen LogP contribution in [0.25, 0.3) is 0 Å². The van der Waals surface area contributed by atoms with Gasteiger partial charge in [0.1, 0.15) is 0 Å². The molecule has 2 N–H and O–H groups in total. The van der Waals surface area contributed by atoms with E-state index in [-0.39, 0.29) is 27.4 Å². The SMILES string of the molecule is O=C(Nc1cccc2c1C(=O)NC2=O)c1cc(Cl)ccc1Cl. The standard InChI is InChI=1S/C15H8Cl2N2O3/c16-7-4-5-10(17)9(6-7)14(21)18-11-3-1-2-8-12(11)15(22)19-13(8)20/h1-6H,(H,18,21)(H,19,20,22). The number of carbonyl (C=O) groups excluding carboxylic acids is 3. The lowest BCUT2D eigenvalue weighted by Crippen LogP contribution is -2.21. The van der Waals surface area contributed by atoms with Crippen molar-refractivity contribution in [2.75, 3.05) is 5.32 Å². The quantitative estimate of drug-likeness (QED) is 0.828. The summed E-state index contributed by atoms with van der Waals surface area (Å²) in [7, 11) is 0. The lowest BCUT2D eigenvalue weighted by Gasteiger charge is -2.09. The minimum atomic E-state index is -0.548. The first kappa shape index (κ1) is 14.6. The van der Waals surface area contributed by atoms with Crippen LogP contribution in [-0.4, -0.2) is 17.7 Å². The highest BCUT2D eigenvalue weighted by atomic mass is 35.5. The average molecular weight is 335 g/mol. The molecule has 3 amide bonds. The molecule has 1 aliphatic heterocycles. The number of fused-ring (bicyclic) bond motifs is 1. The maximum Gasteiger partial charge on any atom is 0.261 e. The summed E-state index contributed by atoms with van der Waals surface area (Å²) in [6, 6.07) is 9.11. The number of benzene rings is 2. The largest absolute Gasteiger partial charge is 0.321 e. The van der Waals surface area contributed by atoms with Crippen LogP contribution < -0.4 is 10.6 Å². The minimum Gasteiger partial charge on any atom is -0.321 e. The third kappa shape index (κ3) is 2.45. The third-order valence-electron chi connectivity index (χ3n) is 3.18. The van der Waals surface area contributed by atoms with Crippen LogP contribution in [0.3, 0.4) is 0 Å². The van der Waals surface area contributed by atoms with Crippen LogP contribution >= 0.6 is 23.2 Å². The first-order valence-electron chi connectivity index (χ1n) is 6.22. The summed E-state index contributed by atoms with van der Waals surface area (Å²) >= 11 is 11.8. The molecule has 0 unspecified atom stereocenters. The van der Waals surface area contributed by atoms with Crippen molar-refractivity contribution in [3.63, 3.8) is 0 Å². The van der Waals surface area contributed by atoms with Gasteiger partial charge in [-0.05, 0) is 30.3 Å². The molecule has 2 aromatic carbocycles. The zero-order valence-corrected chi connectivity index (χ0v) is 12.5. The molecule has 110 valence electrons. The Labute approximate surface area is 135 Å². The molecule has 0 spiro atoms. The molecular weight excluding hydrogens is 327 g/mol. The maximum atomic E-state index is 12.3. The molecule has 5 nitrogen and oxygen atoms in total. The van der Waals surface area contributed by atoms with Gasteiger partial charge in [-0.25, -0.2) is 0 Å². The van der Waals surface area contributed by atoms with Crippen molar-refractivity contribution in [2.24, 2.45) is 0 Å². The van der Waals surface area contributed by atoms with E-state index >= 15 is 0 Å². The van der Waals surface area contributed by atoms with Crippen molar-refractivity contribution < 1.29 is 14.4 Å². The zero-order chi connectivity index (χ0) is 15.9. The number of halogens is 2. The molecule has 0 bridgehead atoms. The second kappa shape index (κ2) is 5.44. The van der Waals surface area contributed by atoms with Crippen LogP contribution in [0.1, 0.15) is 31.1 Å². The van der Waals surface area contributed by atoms with Gasteiger partial charge >= 0.3 is 0 Å². The van der Waals surface area contributed by atoms with Gasteiger partial charge < -0.3 is 5.32 Å². The smallest absolute Gasteiger partial charge is 0.261 e. The van der Waals surface area contributed by atoms with Gasteiger partial charge in [0.25, 0.3) is 17.7 Å². The fourth-order valence-electron chi connectivity index (χ4n) is 2.18. The van der Waals surface area contributed by atoms with Gasteiger partial charge in [0, 0.05) is 5.02 Å². The van der Waals surface area contributed by atoms with Gasteiger partial charge in [0.2, 0.25) is 0 Å². The Kier molecular flexibility index (Phi) is 3.60. The highest BCUT2D eigenvalue weighted by Crippen LogP contribution is 2.26. The topological polar surface area (TPSA) is 75.3 Å². The number of anilines is 1. The van der Waals surface area contributed by atoms with E-state index in [2.05, 4.69) is 10.6 Å². The van der Waals surface area contributed by atoms with E-state index in [4.69, 9.17) is 23.2 Å². The molecule has 0 saturated carbocycles. The normalized spacial score (nSPS) is 12.8. The van der Waals surface area contributed by atoms with E-state index in [0.29, 0.717) is 5.02 Å². The van der Waals surface area contributed by atoms with Crippen molar-refractivity contribution in [1.82, 2.24) is 5.32 Å². The maximum absolute atomic E-state index is 12.3. The molecule has 0 aromatic heterocycles. The predicted octanol–water partition coefficient (Wildman–Crippen LogP) is 3.13. The van der Waals surface area contributed by atoms with Gasteiger partial charge in [-0.15, -0.1) is 0 Å². The first-order valence-corrected chi connectivity index (χ1v) is 6.98. The summed E-state index contributed by atoms with van der Waals surface area (Å²) in [5.74, 6) is -1.56. The Morgan fingerprint density at radius 2 is 1.82 bits per heavy atom. The van der Waals surface area contributed by atoms with E-state index in [0.717, 1.165) is 0 Å². The molecule has 0 aliphatic carbocycles. The molecule has 0 fully saturated rings. The van der Waals surface area contributed by atoms with Gasteiger partial charge in [-0.3, -0.25) is 19.7 Å². The molecule has 0 saturated heterocycles. The fraction of sp³-hybridized carbons (Fsp3) is 0. The number of nitrogens with one attached hydrogen (secondary N) is 2. The van der Waals surface area contributed by atoms with Gasteiger partial charge in [0.15, 0.2) is 0 Å². The van der Waals surface area contributed by atoms with Crippen molar-refractivity contribution in [3.8, 4) is 0 Å². The summed E-state index contributed by atoms with van der Waals surface area (Å²) < 4.78 is 0. The molecular formula is C15H8Cl2N2O3. The Hall–Kier alpha value is -2.37. The minimum absolute atomic E-state index is 0.138. The lowest BCUT2D eigenvalue weighted by atomic mass is 10.1. The lowest BCUT2D eigenvalue weighted by molar-refractivity contribution is 0.0879. The second-order valence-electron chi connectivity index (χ2n) is 4.59. The van der Waals surface area contributed by atoms with Crippen molar-refractivity contribution in [2.45, 2.75) is 0 Å². The molecule has 22 heavy (non-hydrogen) atoms. The van der Waals surface area contributed by atoms with Crippen LogP contribution in [0.2, 0.25) is 10.0 Å². The molecule has 1 aliphatic rings. The molecule has 0 atom stereocenters. The number of hydrogen-bond donors (Lipinski definition) is 2. The van der Waals surface area contributed by atoms with Crippen LogP contribution in [0.15, 0.2) is 36.4 Å². The second-order valence-corrected chi connectivity index (χ2v) is 5.43. The zero-order valence-electron chi connectivity index (χ0n) is 10.9. The Balaban J connectivity index is 1.98. The summed E-state index contributed by atoms with van der Waals surface area (Å²) in [5.41, 5.74) is 0.775. The number of hydrogen-bond acceptors (Lipinski definition) is 3. The third-order valence-corrected chi connectivity index (χ3v) is 3.75. The highest BCUT2D eigenvalue weighted by molar-refractivity contribution is 6.36. The predicted molar refractivity (Wildman–Crippen MR) is 82.7 cm³/mol. The molecule has 3 rings (SSSR count). The summed E-state index contributed by atoms with van der Waals surface area (Å²) in [5, 5.41) is 5.36. The van der Waals surface area contributed by atoms with Crippen molar-refractivity contribution in [3.05, 3.63) is 63.1 Å². The molecule has 1 heterocycles. The fourth-order valence-corrected chi connectivity index (χ4v) is 2.56. The Morgan fingerprint density at radius 3 is 2.59 bits per heavy atom. The van der Waals surface area contributed by atoms with Gasteiger partial charge in [-0.2, -0.15) is 0 Å². The monoisotopic (exact) mass is 334 g/mol. The van der Waals surface area contributed by atoms with Crippen LogP contribution in [0.4, 0.5) is 5.69 Å². The van der Waals surface area contributed by atoms with E-state index in [1.165, 1.54) is 24.3 Å². The average Bonchev–Trinajstić information content (AvgIpc) is 2.77. The Morgan fingerprint density at radius 1 is 1.05 bits per heavy atom. The molecule has 0 radical (unpaired) electrons.